The van der Waals surface area contributed by atoms with Crippen LogP contribution in [-0.2, 0) is 21.5 Å². The molecule has 1 saturated heterocycles. The van der Waals surface area contributed by atoms with E-state index in [0.717, 1.165) is 40.9 Å². The van der Waals surface area contributed by atoms with Gasteiger partial charge in [0.05, 0.1) is 16.4 Å². The fourth-order valence-electron chi connectivity index (χ4n) is 3.14. The maximum atomic E-state index is 12.8. The van der Waals surface area contributed by atoms with Crippen molar-refractivity contribution in [1.82, 2.24) is 4.90 Å². The second kappa shape index (κ2) is 10.3. The van der Waals surface area contributed by atoms with Gasteiger partial charge in [-0.3, -0.25) is 24.6 Å². The molecule has 0 unspecified atom stereocenters. The highest BCUT2D eigenvalue weighted by molar-refractivity contribution is 8.18. The average molecular weight is 565 g/mol. The molecule has 36 heavy (non-hydrogen) atoms. The molecule has 9 nitrogen and oxygen atoms in total. The molecule has 0 aliphatic carbocycles. The fraction of sp³-hybridized carbons (Fsp3) is 0.0435. The summed E-state index contributed by atoms with van der Waals surface area (Å²) >= 11 is 12.8. The Bertz CT molecular complexity index is 1510. The van der Waals surface area contributed by atoms with Crippen molar-refractivity contribution < 1.29 is 27.1 Å². The molecule has 184 valence electrons. The summed E-state index contributed by atoms with van der Waals surface area (Å²) in [4.78, 5) is 36.3. The number of carbonyl (C=O) groups is 2. The molecule has 4 rings (SSSR count). The Balaban J connectivity index is 1.46. The minimum Gasteiger partial charge on any atom is -0.379 e. The Hall–Kier alpha value is -3.38. The van der Waals surface area contributed by atoms with E-state index in [1.165, 1.54) is 36.4 Å². The summed E-state index contributed by atoms with van der Waals surface area (Å²) < 4.78 is 30.0. The molecule has 1 fully saturated rings. The number of hydrogen-bond acceptors (Lipinski definition) is 8. The Kier molecular flexibility index (Phi) is 7.36. The van der Waals surface area contributed by atoms with Gasteiger partial charge in [0.2, 0.25) is 0 Å². The number of hydrogen-bond donors (Lipinski definition) is 0. The number of benzene rings is 3. The lowest BCUT2D eigenvalue weighted by molar-refractivity contribution is -0.384. The van der Waals surface area contributed by atoms with Crippen LogP contribution in [0.4, 0.5) is 10.5 Å². The van der Waals surface area contributed by atoms with E-state index in [-0.39, 0.29) is 27.8 Å². The van der Waals surface area contributed by atoms with Gasteiger partial charge in [0, 0.05) is 22.2 Å². The molecule has 0 spiro atoms. The third kappa shape index (κ3) is 5.71. The Labute approximate surface area is 219 Å². The number of halogens is 2. The van der Waals surface area contributed by atoms with Crippen molar-refractivity contribution in [3.8, 4) is 5.75 Å². The predicted octanol–water partition coefficient (Wildman–Crippen LogP) is 5.91. The summed E-state index contributed by atoms with van der Waals surface area (Å²) in [7, 11) is -4.22. The van der Waals surface area contributed by atoms with Crippen molar-refractivity contribution in [3.63, 3.8) is 0 Å². The molecular formula is C23H14Cl2N2O7S2. The second-order valence-corrected chi connectivity index (χ2v) is 10.7. The lowest BCUT2D eigenvalue weighted by Gasteiger charge is -2.13. The second-order valence-electron chi connectivity index (χ2n) is 7.36. The van der Waals surface area contributed by atoms with Crippen LogP contribution in [0.1, 0.15) is 11.1 Å². The van der Waals surface area contributed by atoms with E-state index in [9.17, 15) is 28.1 Å². The van der Waals surface area contributed by atoms with Gasteiger partial charge in [0.25, 0.3) is 16.8 Å². The lowest BCUT2D eigenvalue weighted by atomic mass is 10.2. The van der Waals surface area contributed by atoms with E-state index in [2.05, 4.69) is 0 Å². The van der Waals surface area contributed by atoms with E-state index in [1.54, 1.807) is 12.1 Å². The van der Waals surface area contributed by atoms with E-state index in [1.807, 2.05) is 0 Å². The SMILES string of the molecule is O=C1S/C(=C\c2ccc(OS(=O)(=O)c3ccc([N+](=O)[O-])cc3)cc2)C(=O)N1Cc1ccc(Cl)cc1Cl. The van der Waals surface area contributed by atoms with Crippen molar-refractivity contribution in [3.05, 3.63) is 103 Å². The molecule has 0 aromatic heterocycles. The Morgan fingerprint density at radius 2 is 1.67 bits per heavy atom. The van der Waals surface area contributed by atoms with Gasteiger partial charge in [-0.2, -0.15) is 8.42 Å². The Morgan fingerprint density at radius 1 is 1.00 bits per heavy atom. The van der Waals surface area contributed by atoms with Crippen LogP contribution < -0.4 is 4.18 Å². The van der Waals surface area contributed by atoms with Crippen molar-refractivity contribution in [2.24, 2.45) is 0 Å². The standard InChI is InChI=1S/C23H14Cl2N2O7S2/c24-16-4-3-15(20(25)12-16)13-26-22(28)21(35-23(26)29)11-14-1-7-18(8-2-14)34-36(32,33)19-9-5-17(6-10-19)27(30)31/h1-12H,13H2/b21-11-. The van der Waals surface area contributed by atoms with Crippen molar-refractivity contribution in [2.45, 2.75) is 11.4 Å². The first-order valence-corrected chi connectivity index (χ1v) is 13.0. The number of amides is 2. The highest BCUT2D eigenvalue weighted by atomic mass is 35.5. The topological polar surface area (TPSA) is 124 Å². The molecule has 13 heteroatoms. The summed E-state index contributed by atoms with van der Waals surface area (Å²) in [6.07, 6.45) is 1.50. The zero-order valence-electron chi connectivity index (χ0n) is 18.0. The van der Waals surface area contributed by atoms with E-state index >= 15 is 0 Å². The molecule has 1 aliphatic heterocycles. The summed E-state index contributed by atoms with van der Waals surface area (Å²) in [6, 6.07) is 14.9. The summed E-state index contributed by atoms with van der Waals surface area (Å²) in [5, 5.41) is 11.1. The number of thioether (sulfide) groups is 1. The summed E-state index contributed by atoms with van der Waals surface area (Å²) in [6.45, 7) is -0.00864. The number of nitro benzene ring substituents is 1. The molecule has 0 N–H and O–H groups in total. The first-order chi connectivity index (χ1) is 17.0. The minimum atomic E-state index is -4.22. The minimum absolute atomic E-state index is 0.00372. The molecule has 0 radical (unpaired) electrons. The van der Waals surface area contributed by atoms with E-state index < -0.39 is 26.2 Å². The lowest BCUT2D eigenvalue weighted by Crippen LogP contribution is -2.27. The van der Waals surface area contributed by atoms with Gasteiger partial charge in [-0.15, -0.1) is 0 Å². The van der Waals surface area contributed by atoms with Crippen LogP contribution in [0.3, 0.4) is 0 Å². The van der Waals surface area contributed by atoms with Crippen molar-refractivity contribution in [2.75, 3.05) is 0 Å². The number of nitrogens with zero attached hydrogens (tertiary/aromatic N) is 2. The van der Waals surface area contributed by atoms with E-state index in [0.29, 0.717) is 21.2 Å². The third-order valence-electron chi connectivity index (χ3n) is 4.94. The highest BCUT2D eigenvalue weighted by Crippen LogP contribution is 2.35. The average Bonchev–Trinajstić information content (AvgIpc) is 3.09. The number of carbonyl (C=O) groups excluding carboxylic acids is 2. The van der Waals surface area contributed by atoms with Crippen LogP contribution >= 0.6 is 35.0 Å². The van der Waals surface area contributed by atoms with Gasteiger partial charge in [-0.05, 0) is 65.4 Å². The first kappa shape index (κ1) is 25.7. The zero-order valence-corrected chi connectivity index (χ0v) is 21.1. The van der Waals surface area contributed by atoms with Crippen LogP contribution in [0.5, 0.6) is 5.75 Å². The van der Waals surface area contributed by atoms with Gasteiger partial charge in [-0.25, -0.2) is 0 Å². The van der Waals surface area contributed by atoms with Crippen LogP contribution in [0.25, 0.3) is 6.08 Å². The van der Waals surface area contributed by atoms with Crippen molar-refractivity contribution >= 4 is 68.0 Å². The normalized spacial score (nSPS) is 14.9. The van der Waals surface area contributed by atoms with Gasteiger partial charge in [0.15, 0.2) is 0 Å². The molecule has 0 bridgehead atoms. The third-order valence-corrected chi connectivity index (χ3v) is 7.69. The zero-order chi connectivity index (χ0) is 26.0. The summed E-state index contributed by atoms with van der Waals surface area (Å²) in [5.41, 5.74) is 0.851. The number of rotatable bonds is 7. The van der Waals surface area contributed by atoms with Gasteiger partial charge in [-0.1, -0.05) is 41.4 Å². The molecule has 0 atom stereocenters. The quantitative estimate of drug-likeness (QED) is 0.150. The van der Waals surface area contributed by atoms with Crippen LogP contribution in [0.2, 0.25) is 10.0 Å². The largest absolute Gasteiger partial charge is 0.379 e. The number of non-ortho nitro benzene ring substituents is 1. The van der Waals surface area contributed by atoms with Gasteiger partial charge >= 0.3 is 10.1 Å². The molecule has 0 saturated carbocycles. The maximum Gasteiger partial charge on any atom is 0.339 e. The van der Waals surface area contributed by atoms with Gasteiger partial charge < -0.3 is 4.18 Å². The van der Waals surface area contributed by atoms with Crippen LogP contribution in [0, 0.1) is 10.1 Å². The number of nitro groups is 1. The van der Waals surface area contributed by atoms with E-state index in [4.69, 9.17) is 27.4 Å². The van der Waals surface area contributed by atoms with Crippen molar-refractivity contribution in [1.29, 1.82) is 0 Å². The molecule has 2 amide bonds. The fourth-order valence-corrected chi connectivity index (χ4v) is 5.37. The van der Waals surface area contributed by atoms with Gasteiger partial charge in [0.1, 0.15) is 10.6 Å². The molecule has 1 heterocycles. The maximum absolute atomic E-state index is 12.8. The predicted molar refractivity (Wildman–Crippen MR) is 135 cm³/mol. The molecule has 1 aliphatic rings. The monoisotopic (exact) mass is 564 g/mol. The highest BCUT2D eigenvalue weighted by Gasteiger charge is 2.35. The Morgan fingerprint density at radius 3 is 2.28 bits per heavy atom. The number of imide groups is 1. The first-order valence-electron chi connectivity index (χ1n) is 10.0. The van der Waals surface area contributed by atoms with Crippen LogP contribution in [-0.4, -0.2) is 29.4 Å². The molecule has 3 aromatic carbocycles. The molecular weight excluding hydrogens is 551 g/mol. The smallest absolute Gasteiger partial charge is 0.339 e. The summed E-state index contributed by atoms with van der Waals surface area (Å²) in [5.74, 6) is -0.493. The molecule has 3 aromatic rings. The van der Waals surface area contributed by atoms with Crippen LogP contribution in [0.15, 0.2) is 76.5 Å².